The number of amides is 1. The Morgan fingerprint density at radius 1 is 1.03 bits per heavy atom. The highest BCUT2D eigenvalue weighted by molar-refractivity contribution is 7.15. The zero-order valence-electron chi connectivity index (χ0n) is 16.4. The van der Waals surface area contributed by atoms with E-state index in [-0.39, 0.29) is 13.2 Å². The van der Waals surface area contributed by atoms with E-state index in [1.807, 2.05) is 17.5 Å². The Labute approximate surface area is 183 Å². The van der Waals surface area contributed by atoms with Crippen molar-refractivity contribution in [3.05, 3.63) is 64.5 Å². The average molecular weight is 446 g/mol. The number of nitrogens with one attached hydrogen (secondary N) is 1. The van der Waals surface area contributed by atoms with Crippen molar-refractivity contribution in [2.24, 2.45) is 0 Å². The third-order valence-electron chi connectivity index (χ3n) is 4.11. The second kappa shape index (κ2) is 10.1. The maximum Gasteiger partial charge on any atom is 0.341 e. The number of hydrogen-bond acceptors (Lipinski definition) is 6. The monoisotopic (exact) mass is 445 g/mol. The quantitative estimate of drug-likeness (QED) is 0.478. The minimum atomic E-state index is -0.501. The van der Waals surface area contributed by atoms with E-state index in [2.05, 4.69) is 5.32 Å². The Hall–Kier alpha value is -3.03. The predicted molar refractivity (Wildman–Crippen MR) is 118 cm³/mol. The smallest absolute Gasteiger partial charge is 0.341 e. The third kappa shape index (κ3) is 5.31. The van der Waals surface area contributed by atoms with Crippen LogP contribution in [0.25, 0.3) is 11.1 Å². The van der Waals surface area contributed by atoms with Gasteiger partial charge >= 0.3 is 5.97 Å². The fourth-order valence-electron chi connectivity index (χ4n) is 2.68. The van der Waals surface area contributed by atoms with Gasteiger partial charge in [-0.25, -0.2) is 4.79 Å². The number of carbonyl (C=O) groups excluding carboxylic acids is 2. The predicted octanol–water partition coefficient (Wildman–Crippen LogP) is 5.27. The van der Waals surface area contributed by atoms with Crippen molar-refractivity contribution < 1.29 is 23.8 Å². The molecule has 0 bridgehead atoms. The van der Waals surface area contributed by atoms with Crippen molar-refractivity contribution in [1.82, 2.24) is 0 Å². The minimum absolute atomic E-state index is 0.209. The molecule has 2 aromatic carbocycles. The Morgan fingerprint density at radius 2 is 1.70 bits per heavy atom. The lowest BCUT2D eigenvalue weighted by atomic mass is 10.0. The summed E-state index contributed by atoms with van der Waals surface area (Å²) >= 11 is 7.09. The van der Waals surface area contributed by atoms with Gasteiger partial charge in [-0.2, -0.15) is 0 Å². The van der Waals surface area contributed by atoms with E-state index in [9.17, 15) is 9.59 Å². The highest BCUT2D eigenvalue weighted by atomic mass is 35.5. The van der Waals surface area contributed by atoms with Gasteiger partial charge in [0.25, 0.3) is 5.91 Å². The number of rotatable bonds is 8. The molecule has 0 fully saturated rings. The molecule has 30 heavy (non-hydrogen) atoms. The van der Waals surface area contributed by atoms with Crippen molar-refractivity contribution in [2.75, 3.05) is 25.6 Å². The van der Waals surface area contributed by atoms with Gasteiger partial charge in [-0.05, 0) is 48.9 Å². The molecule has 1 amide bonds. The molecule has 1 aromatic heterocycles. The van der Waals surface area contributed by atoms with E-state index in [0.717, 1.165) is 5.56 Å². The zero-order valence-corrected chi connectivity index (χ0v) is 18.0. The van der Waals surface area contributed by atoms with Crippen molar-refractivity contribution in [3.63, 3.8) is 0 Å². The molecule has 0 saturated carbocycles. The summed E-state index contributed by atoms with van der Waals surface area (Å²) in [6.45, 7) is 1.75. The van der Waals surface area contributed by atoms with E-state index in [1.54, 1.807) is 50.4 Å². The van der Waals surface area contributed by atoms with Crippen LogP contribution in [0.4, 0.5) is 5.00 Å². The van der Waals surface area contributed by atoms with E-state index in [0.29, 0.717) is 32.6 Å². The molecule has 0 atom stereocenters. The van der Waals surface area contributed by atoms with Crippen LogP contribution in [0.2, 0.25) is 5.02 Å². The molecule has 8 heteroatoms. The standard InChI is InChI=1S/C22H20ClNO5S/c1-3-28-22(26)20-18(14-4-8-16(27-2)9-5-14)13-30-21(20)24-19(25)12-29-17-10-6-15(23)7-11-17/h4-11,13H,3,12H2,1-2H3,(H,24,25). The molecule has 0 aliphatic heterocycles. The van der Waals surface area contributed by atoms with E-state index in [4.69, 9.17) is 25.8 Å². The molecule has 3 aromatic rings. The highest BCUT2D eigenvalue weighted by Gasteiger charge is 2.23. The SMILES string of the molecule is CCOC(=O)c1c(-c2ccc(OC)cc2)csc1NC(=O)COc1ccc(Cl)cc1. The van der Waals surface area contributed by atoms with Gasteiger partial charge in [-0.15, -0.1) is 11.3 Å². The van der Waals surface area contributed by atoms with E-state index < -0.39 is 11.9 Å². The average Bonchev–Trinajstić information content (AvgIpc) is 3.17. The molecule has 0 radical (unpaired) electrons. The molecule has 0 saturated heterocycles. The van der Waals surface area contributed by atoms with Crippen LogP contribution in [0, 0.1) is 0 Å². The fourth-order valence-corrected chi connectivity index (χ4v) is 3.78. The number of esters is 1. The number of hydrogen-bond donors (Lipinski definition) is 1. The summed E-state index contributed by atoms with van der Waals surface area (Å²) in [7, 11) is 1.59. The largest absolute Gasteiger partial charge is 0.497 e. The van der Waals surface area contributed by atoms with Crippen LogP contribution in [0.3, 0.4) is 0 Å². The summed E-state index contributed by atoms with van der Waals surface area (Å²) < 4.78 is 15.8. The van der Waals surface area contributed by atoms with E-state index >= 15 is 0 Å². The van der Waals surface area contributed by atoms with Crippen LogP contribution in [-0.4, -0.2) is 32.2 Å². The number of anilines is 1. The second-order valence-electron chi connectivity index (χ2n) is 6.09. The molecule has 0 aliphatic rings. The lowest BCUT2D eigenvalue weighted by Crippen LogP contribution is -2.21. The maximum atomic E-state index is 12.6. The summed E-state index contributed by atoms with van der Waals surface area (Å²) in [4.78, 5) is 25.0. The first-order chi connectivity index (χ1) is 14.5. The van der Waals surface area contributed by atoms with Gasteiger partial charge in [-0.1, -0.05) is 23.7 Å². The number of carbonyl (C=O) groups is 2. The number of halogens is 1. The summed E-state index contributed by atoms with van der Waals surface area (Å²) in [5.74, 6) is 0.335. The van der Waals surface area contributed by atoms with Gasteiger partial charge in [0.05, 0.1) is 13.7 Å². The first kappa shape index (κ1) is 21.7. The molecule has 0 unspecified atom stereocenters. The number of methoxy groups -OCH3 is 1. The summed E-state index contributed by atoms with van der Waals surface area (Å²) in [5, 5.41) is 5.54. The first-order valence-electron chi connectivity index (χ1n) is 9.13. The lowest BCUT2D eigenvalue weighted by Gasteiger charge is -2.10. The molecule has 156 valence electrons. The molecular weight excluding hydrogens is 426 g/mol. The molecule has 6 nitrogen and oxygen atoms in total. The summed E-state index contributed by atoms with van der Waals surface area (Å²) in [5.41, 5.74) is 1.80. The molecule has 0 aliphatic carbocycles. The molecule has 1 heterocycles. The normalized spacial score (nSPS) is 10.4. The minimum Gasteiger partial charge on any atom is -0.497 e. The van der Waals surface area contributed by atoms with Crippen LogP contribution in [-0.2, 0) is 9.53 Å². The van der Waals surface area contributed by atoms with Crippen LogP contribution < -0.4 is 14.8 Å². The van der Waals surface area contributed by atoms with Crippen LogP contribution in [0.15, 0.2) is 53.9 Å². The number of ether oxygens (including phenoxy) is 3. The number of benzene rings is 2. The van der Waals surface area contributed by atoms with Gasteiger partial charge in [-0.3, -0.25) is 4.79 Å². The third-order valence-corrected chi connectivity index (χ3v) is 5.26. The Kier molecular flexibility index (Phi) is 7.32. The molecular formula is C22H20ClNO5S. The second-order valence-corrected chi connectivity index (χ2v) is 7.41. The molecule has 0 spiro atoms. The molecule has 3 rings (SSSR count). The molecule has 1 N–H and O–H groups in total. The lowest BCUT2D eigenvalue weighted by molar-refractivity contribution is -0.118. The van der Waals surface area contributed by atoms with Crippen molar-refractivity contribution in [2.45, 2.75) is 6.92 Å². The van der Waals surface area contributed by atoms with E-state index in [1.165, 1.54) is 11.3 Å². The van der Waals surface area contributed by atoms with Crippen molar-refractivity contribution in [1.29, 1.82) is 0 Å². The van der Waals surface area contributed by atoms with Gasteiger partial charge in [0.2, 0.25) is 0 Å². The number of thiophene rings is 1. The highest BCUT2D eigenvalue weighted by Crippen LogP contribution is 2.36. The van der Waals surface area contributed by atoms with Gasteiger partial charge in [0, 0.05) is 16.0 Å². The topological polar surface area (TPSA) is 73.9 Å². The Balaban J connectivity index is 1.79. The Morgan fingerprint density at radius 3 is 2.33 bits per heavy atom. The van der Waals surface area contributed by atoms with Crippen LogP contribution >= 0.6 is 22.9 Å². The van der Waals surface area contributed by atoms with Crippen molar-refractivity contribution in [3.8, 4) is 22.6 Å². The Bertz CT molecular complexity index is 1020. The zero-order chi connectivity index (χ0) is 21.5. The summed E-state index contributed by atoms with van der Waals surface area (Å²) in [6.07, 6.45) is 0. The first-order valence-corrected chi connectivity index (χ1v) is 10.4. The maximum absolute atomic E-state index is 12.6. The van der Waals surface area contributed by atoms with Crippen LogP contribution in [0.5, 0.6) is 11.5 Å². The fraction of sp³-hybridized carbons (Fsp3) is 0.182. The van der Waals surface area contributed by atoms with Gasteiger partial charge in [0.1, 0.15) is 22.1 Å². The van der Waals surface area contributed by atoms with Crippen LogP contribution in [0.1, 0.15) is 17.3 Å². The van der Waals surface area contributed by atoms with Crippen molar-refractivity contribution >= 4 is 39.8 Å². The summed E-state index contributed by atoms with van der Waals surface area (Å²) in [6, 6.07) is 14.0. The van der Waals surface area contributed by atoms with Gasteiger partial charge in [0.15, 0.2) is 6.61 Å². The van der Waals surface area contributed by atoms with Gasteiger partial charge < -0.3 is 19.5 Å².